The molecule has 1 aromatic rings. The van der Waals surface area contributed by atoms with Gasteiger partial charge in [0.2, 0.25) is 0 Å². The summed E-state index contributed by atoms with van der Waals surface area (Å²) in [6.45, 7) is 5.94. The van der Waals surface area contributed by atoms with E-state index < -0.39 is 52.5 Å². The summed E-state index contributed by atoms with van der Waals surface area (Å²) in [6.07, 6.45) is 8.53. The Bertz CT molecular complexity index is 1570. The van der Waals surface area contributed by atoms with Crippen LogP contribution < -0.4 is 0 Å². The van der Waals surface area contributed by atoms with Crippen LogP contribution >= 0.6 is 0 Å². The summed E-state index contributed by atoms with van der Waals surface area (Å²) in [5.41, 5.74) is -1.52. The number of ketones is 5. The molecule has 3 aliphatic carbocycles. The third-order valence-corrected chi connectivity index (χ3v) is 11.4. The van der Waals surface area contributed by atoms with Gasteiger partial charge in [0.15, 0.2) is 5.78 Å². The average Bonchev–Trinajstić information content (AvgIpc) is 3.81. The van der Waals surface area contributed by atoms with Gasteiger partial charge in [0.05, 0.1) is 40.7 Å². The van der Waals surface area contributed by atoms with Gasteiger partial charge in [-0.15, -0.1) is 0 Å². The number of ether oxygens (including phenoxy) is 4. The SMILES string of the molecule is COC(CCC(=O)c1ccccc1)CC(C)=O.COC1(CC(C)=O)CC1C(=O)O.COC1(CC(C)=O)CCCC1C(=O)O.COC1(CC(C)=O)CCCCCC1C(=O)O. The molecule has 1 aromatic carbocycles. The number of carboxylic acids is 3. The maximum absolute atomic E-state index is 11.8. The Morgan fingerprint density at radius 2 is 1.03 bits per heavy atom. The van der Waals surface area contributed by atoms with E-state index in [4.69, 9.17) is 29.2 Å². The molecule has 4 rings (SSSR count). The van der Waals surface area contributed by atoms with Crippen molar-refractivity contribution in [2.45, 2.75) is 147 Å². The molecule has 0 aliphatic heterocycles. The number of carbonyl (C=O) groups excluding carboxylic acids is 5. The van der Waals surface area contributed by atoms with Gasteiger partial charge in [0.1, 0.15) is 23.1 Å². The van der Waals surface area contributed by atoms with Crippen LogP contribution in [0.5, 0.6) is 0 Å². The van der Waals surface area contributed by atoms with E-state index >= 15 is 0 Å². The molecular formula is C44H66O15. The Morgan fingerprint density at radius 1 is 0.593 bits per heavy atom. The highest BCUT2D eigenvalue weighted by Crippen LogP contribution is 2.49. The Labute approximate surface area is 347 Å². The molecule has 332 valence electrons. The van der Waals surface area contributed by atoms with Crippen LogP contribution in [-0.4, -0.2) is 113 Å². The number of aliphatic carboxylic acids is 3. The van der Waals surface area contributed by atoms with Gasteiger partial charge in [-0.05, 0) is 72.6 Å². The van der Waals surface area contributed by atoms with Gasteiger partial charge in [-0.3, -0.25) is 38.4 Å². The molecular weight excluding hydrogens is 768 g/mol. The number of hydrogen-bond donors (Lipinski definition) is 3. The lowest BCUT2D eigenvalue weighted by molar-refractivity contribution is -0.159. The van der Waals surface area contributed by atoms with Crippen molar-refractivity contribution in [3.8, 4) is 0 Å². The molecule has 59 heavy (non-hydrogen) atoms. The highest BCUT2D eigenvalue weighted by molar-refractivity contribution is 5.96. The normalized spacial score (nSPS) is 26.1. The van der Waals surface area contributed by atoms with Crippen molar-refractivity contribution in [3.63, 3.8) is 0 Å². The molecule has 3 N–H and O–H groups in total. The highest BCUT2D eigenvalue weighted by atomic mass is 16.5. The fraction of sp³-hybridized carbons (Fsp3) is 0.682. The first-order chi connectivity index (χ1) is 27.7. The summed E-state index contributed by atoms with van der Waals surface area (Å²) >= 11 is 0. The molecule has 3 saturated carbocycles. The first-order valence-corrected chi connectivity index (χ1v) is 20.1. The minimum atomic E-state index is -0.877. The van der Waals surface area contributed by atoms with E-state index in [0.717, 1.165) is 25.7 Å². The van der Waals surface area contributed by atoms with Gasteiger partial charge >= 0.3 is 17.9 Å². The number of carbonyl (C=O) groups is 8. The van der Waals surface area contributed by atoms with E-state index in [-0.39, 0.29) is 54.3 Å². The van der Waals surface area contributed by atoms with E-state index in [0.29, 0.717) is 56.9 Å². The van der Waals surface area contributed by atoms with Crippen molar-refractivity contribution >= 4 is 46.8 Å². The van der Waals surface area contributed by atoms with Crippen molar-refractivity contribution in [1.29, 1.82) is 0 Å². The molecule has 15 heteroatoms. The van der Waals surface area contributed by atoms with E-state index in [9.17, 15) is 43.5 Å². The van der Waals surface area contributed by atoms with Crippen LogP contribution in [0.4, 0.5) is 0 Å². The zero-order chi connectivity index (χ0) is 45.0. The second kappa shape index (κ2) is 25.4. The van der Waals surface area contributed by atoms with Crippen molar-refractivity contribution in [1.82, 2.24) is 0 Å². The van der Waals surface area contributed by atoms with Gasteiger partial charge in [0, 0.05) is 66.1 Å². The lowest BCUT2D eigenvalue weighted by Crippen LogP contribution is -2.45. The largest absolute Gasteiger partial charge is 0.481 e. The van der Waals surface area contributed by atoms with Crippen LogP contribution in [-0.2, 0) is 52.5 Å². The summed E-state index contributed by atoms with van der Waals surface area (Å²) in [5, 5.41) is 26.9. The Morgan fingerprint density at radius 3 is 1.42 bits per heavy atom. The van der Waals surface area contributed by atoms with Crippen LogP contribution in [0.1, 0.15) is 134 Å². The fourth-order valence-electron chi connectivity index (χ4n) is 8.22. The average molecular weight is 835 g/mol. The van der Waals surface area contributed by atoms with Gasteiger partial charge in [0.25, 0.3) is 0 Å². The maximum atomic E-state index is 11.8. The first-order valence-electron chi connectivity index (χ1n) is 20.1. The van der Waals surface area contributed by atoms with Crippen molar-refractivity contribution in [2.24, 2.45) is 17.8 Å². The molecule has 0 aromatic heterocycles. The monoisotopic (exact) mass is 834 g/mol. The van der Waals surface area contributed by atoms with E-state index in [2.05, 4.69) is 0 Å². The number of benzene rings is 1. The number of hydrogen-bond acceptors (Lipinski definition) is 12. The predicted molar refractivity (Wildman–Crippen MR) is 216 cm³/mol. The zero-order valence-electron chi connectivity index (χ0n) is 36.0. The van der Waals surface area contributed by atoms with Crippen LogP contribution in [0.3, 0.4) is 0 Å². The van der Waals surface area contributed by atoms with Gasteiger partial charge in [-0.2, -0.15) is 0 Å². The molecule has 3 aliphatic rings. The molecule has 0 amide bonds. The summed E-state index contributed by atoms with van der Waals surface area (Å²) in [6, 6.07) is 9.17. The summed E-state index contributed by atoms with van der Waals surface area (Å²) in [5.74, 6) is -4.02. The van der Waals surface area contributed by atoms with Crippen LogP contribution in [0.15, 0.2) is 30.3 Å². The summed E-state index contributed by atoms with van der Waals surface area (Å²) in [4.78, 5) is 88.6. The molecule has 0 spiro atoms. The third-order valence-electron chi connectivity index (χ3n) is 11.4. The van der Waals surface area contributed by atoms with Crippen molar-refractivity contribution < 1.29 is 72.6 Å². The summed E-state index contributed by atoms with van der Waals surface area (Å²) < 4.78 is 20.9. The van der Waals surface area contributed by atoms with Gasteiger partial charge in [-0.1, -0.05) is 49.6 Å². The summed E-state index contributed by atoms with van der Waals surface area (Å²) in [7, 11) is 6.03. The third kappa shape index (κ3) is 17.1. The smallest absolute Gasteiger partial charge is 0.309 e. The van der Waals surface area contributed by atoms with Crippen LogP contribution in [0, 0.1) is 17.8 Å². The van der Waals surface area contributed by atoms with Gasteiger partial charge in [-0.25, -0.2) is 0 Å². The zero-order valence-corrected chi connectivity index (χ0v) is 36.0. The lowest BCUT2D eigenvalue weighted by Gasteiger charge is -2.35. The number of methoxy groups -OCH3 is 4. The second-order valence-electron chi connectivity index (χ2n) is 15.9. The topological polar surface area (TPSA) is 234 Å². The van der Waals surface area contributed by atoms with Crippen LogP contribution in [0.2, 0.25) is 0 Å². The molecule has 7 unspecified atom stereocenters. The molecule has 0 saturated heterocycles. The highest BCUT2D eigenvalue weighted by Gasteiger charge is 2.60. The standard InChI is InChI=1S/C14H18O3.C12H20O4.C10H16O4.C8H12O4/c1-11(15)10-13(17-2)8-9-14(16)12-6-4-3-5-7-12;1-9(13)8-12(16-2)7-5-3-4-6-10(12)11(14)15;1-7(11)6-10(14-2)5-3-4-8(10)9(12)13;1-5(9)3-8(12-2)4-6(8)7(10)11/h3-7,13H,8-10H2,1-2H3;10H,3-8H2,1-2H3,(H,14,15);8H,3-6H2,1-2H3,(H,12,13);6H,3-4H2,1-2H3,(H,10,11). The maximum Gasteiger partial charge on any atom is 0.309 e. The fourth-order valence-corrected chi connectivity index (χ4v) is 8.22. The predicted octanol–water partition coefficient (Wildman–Crippen LogP) is 6.35. The number of carboxylic acid groups (broad SMARTS) is 3. The van der Waals surface area contributed by atoms with E-state index in [1.807, 2.05) is 18.2 Å². The van der Waals surface area contributed by atoms with E-state index in [1.54, 1.807) is 19.2 Å². The quantitative estimate of drug-likeness (QED) is 0.102. The molecule has 3 fully saturated rings. The van der Waals surface area contributed by atoms with Crippen LogP contribution in [0.25, 0.3) is 0 Å². The molecule has 7 atom stereocenters. The number of Topliss-reactive ketones (excluding diaryl/α,β-unsaturated/α-hetero) is 5. The van der Waals surface area contributed by atoms with Crippen molar-refractivity contribution in [2.75, 3.05) is 28.4 Å². The molecule has 0 radical (unpaired) electrons. The molecule has 0 bridgehead atoms. The first kappa shape index (κ1) is 52.8. The lowest BCUT2D eigenvalue weighted by atomic mass is 9.79. The van der Waals surface area contributed by atoms with Crippen molar-refractivity contribution in [3.05, 3.63) is 35.9 Å². The Hall–Kier alpha value is -4.18. The Balaban J connectivity index is 0.000000396. The second-order valence-corrected chi connectivity index (χ2v) is 15.9. The van der Waals surface area contributed by atoms with E-state index in [1.165, 1.54) is 49.0 Å². The molecule has 0 heterocycles. The number of rotatable bonds is 19. The minimum Gasteiger partial charge on any atom is -0.481 e. The van der Waals surface area contributed by atoms with Gasteiger partial charge < -0.3 is 34.3 Å². The Kier molecular flexibility index (Phi) is 22.8. The molecule has 15 nitrogen and oxygen atoms in total. The minimum absolute atomic E-state index is 0.00463.